The van der Waals surface area contributed by atoms with E-state index < -0.39 is 35.4 Å². The first-order chi connectivity index (χ1) is 13.2. The Morgan fingerprint density at radius 1 is 1.21 bits per heavy atom. The summed E-state index contributed by atoms with van der Waals surface area (Å²) in [7, 11) is 0. The van der Waals surface area contributed by atoms with Crippen molar-refractivity contribution < 1.29 is 28.4 Å². The van der Waals surface area contributed by atoms with Crippen molar-refractivity contribution >= 4 is 17.7 Å². The maximum absolute atomic E-state index is 13.0. The molecule has 0 spiro atoms. The van der Waals surface area contributed by atoms with Crippen molar-refractivity contribution in [1.82, 2.24) is 10.5 Å². The number of carbonyl (C=O) groups is 3. The number of hydrogen-bond donors (Lipinski definition) is 2. The number of ketones is 1. The maximum atomic E-state index is 13.0. The van der Waals surface area contributed by atoms with Gasteiger partial charge in [-0.2, -0.15) is 0 Å². The Morgan fingerprint density at radius 3 is 2.36 bits per heavy atom. The Balaban J connectivity index is 2.08. The highest BCUT2D eigenvalue weighted by molar-refractivity contribution is 5.97. The number of nitrogens with zero attached hydrogens (tertiary/aromatic N) is 1. The minimum atomic E-state index is -1.13. The zero-order chi connectivity index (χ0) is 20.8. The Kier molecular flexibility index (Phi) is 7.03. The van der Waals surface area contributed by atoms with Crippen LogP contribution in [0.4, 0.5) is 4.39 Å². The van der Waals surface area contributed by atoms with Crippen LogP contribution in [0.5, 0.6) is 0 Å². The van der Waals surface area contributed by atoms with E-state index in [1.54, 1.807) is 20.8 Å². The molecular formula is C20H23FN2O5. The molecule has 2 atom stereocenters. The van der Waals surface area contributed by atoms with Crippen LogP contribution in [0.15, 0.2) is 34.9 Å². The van der Waals surface area contributed by atoms with Gasteiger partial charge < -0.3 is 14.9 Å². The summed E-state index contributed by atoms with van der Waals surface area (Å²) >= 11 is 0. The van der Waals surface area contributed by atoms with Crippen LogP contribution in [0, 0.1) is 24.6 Å². The van der Waals surface area contributed by atoms with Gasteiger partial charge in [0.05, 0.1) is 12.0 Å². The van der Waals surface area contributed by atoms with Crippen molar-refractivity contribution in [3.63, 3.8) is 0 Å². The topological polar surface area (TPSA) is 110 Å². The summed E-state index contributed by atoms with van der Waals surface area (Å²) in [5.41, 5.74) is 0.668. The number of hydrogen-bond acceptors (Lipinski definition) is 5. The summed E-state index contributed by atoms with van der Waals surface area (Å²) in [4.78, 5) is 36.6. The number of carboxylic acids is 1. The Bertz CT molecular complexity index is 845. The lowest BCUT2D eigenvalue weighted by molar-refractivity contribution is -0.144. The number of rotatable bonds is 9. The van der Waals surface area contributed by atoms with E-state index >= 15 is 0 Å². The van der Waals surface area contributed by atoms with Gasteiger partial charge in [-0.05, 0) is 37.0 Å². The average Bonchev–Trinajstić information content (AvgIpc) is 3.06. The van der Waals surface area contributed by atoms with E-state index in [1.807, 2.05) is 0 Å². The van der Waals surface area contributed by atoms with Crippen LogP contribution >= 0.6 is 0 Å². The molecule has 0 radical (unpaired) electrons. The van der Waals surface area contributed by atoms with Crippen LogP contribution in [0.1, 0.15) is 42.1 Å². The predicted octanol–water partition coefficient (Wildman–Crippen LogP) is 2.78. The second-order valence-electron chi connectivity index (χ2n) is 7.05. The van der Waals surface area contributed by atoms with E-state index in [-0.39, 0.29) is 24.5 Å². The molecule has 1 amide bonds. The summed E-state index contributed by atoms with van der Waals surface area (Å²) in [6, 6.07) is 6.06. The molecule has 1 aromatic heterocycles. The quantitative estimate of drug-likeness (QED) is 0.681. The van der Waals surface area contributed by atoms with Crippen LogP contribution < -0.4 is 5.32 Å². The molecule has 0 aliphatic rings. The lowest BCUT2D eigenvalue weighted by atomic mass is 9.89. The third-order valence-corrected chi connectivity index (χ3v) is 4.35. The van der Waals surface area contributed by atoms with Crippen LogP contribution in [-0.4, -0.2) is 34.0 Å². The zero-order valence-electron chi connectivity index (χ0n) is 15.9. The van der Waals surface area contributed by atoms with Crippen LogP contribution in [0.25, 0.3) is 0 Å². The summed E-state index contributed by atoms with van der Waals surface area (Å²) in [6.45, 7) is 5.15. The Morgan fingerprint density at radius 2 is 1.86 bits per heavy atom. The van der Waals surface area contributed by atoms with E-state index in [2.05, 4.69) is 10.5 Å². The van der Waals surface area contributed by atoms with E-state index in [1.165, 1.54) is 30.3 Å². The van der Waals surface area contributed by atoms with Gasteiger partial charge in [0.2, 0.25) is 0 Å². The highest BCUT2D eigenvalue weighted by Crippen LogP contribution is 2.17. The largest absolute Gasteiger partial charge is 0.481 e. The molecule has 2 rings (SSSR count). The van der Waals surface area contributed by atoms with Crippen molar-refractivity contribution in [1.29, 1.82) is 0 Å². The van der Waals surface area contributed by atoms with Crippen molar-refractivity contribution in [2.24, 2.45) is 11.8 Å². The first kappa shape index (κ1) is 21.3. The van der Waals surface area contributed by atoms with Gasteiger partial charge in [0.25, 0.3) is 5.91 Å². The van der Waals surface area contributed by atoms with Crippen molar-refractivity contribution in [2.75, 3.05) is 0 Å². The minimum absolute atomic E-state index is 0.0528. The average molecular weight is 390 g/mol. The summed E-state index contributed by atoms with van der Waals surface area (Å²) in [5, 5.41) is 15.7. The number of aromatic nitrogens is 1. The zero-order valence-corrected chi connectivity index (χ0v) is 15.9. The van der Waals surface area contributed by atoms with E-state index in [0.29, 0.717) is 11.3 Å². The fourth-order valence-electron chi connectivity index (χ4n) is 2.83. The highest BCUT2D eigenvalue weighted by atomic mass is 19.1. The first-order valence-corrected chi connectivity index (χ1v) is 8.91. The monoisotopic (exact) mass is 390 g/mol. The third kappa shape index (κ3) is 5.73. The summed E-state index contributed by atoms with van der Waals surface area (Å²) < 4.78 is 17.9. The van der Waals surface area contributed by atoms with E-state index in [0.717, 1.165) is 0 Å². The second kappa shape index (κ2) is 9.25. The number of halogens is 1. The number of carbonyl (C=O) groups excluding carboxylic acids is 2. The van der Waals surface area contributed by atoms with E-state index in [4.69, 9.17) is 4.52 Å². The fourth-order valence-corrected chi connectivity index (χ4v) is 2.83. The molecule has 8 heteroatoms. The third-order valence-electron chi connectivity index (χ3n) is 4.35. The molecule has 7 nitrogen and oxygen atoms in total. The van der Waals surface area contributed by atoms with Crippen LogP contribution in [-0.2, 0) is 16.0 Å². The van der Waals surface area contributed by atoms with Gasteiger partial charge in [-0.15, -0.1) is 0 Å². The maximum Gasteiger partial charge on any atom is 0.307 e. The summed E-state index contributed by atoms with van der Waals surface area (Å²) in [6.07, 6.45) is -0.170. The van der Waals surface area contributed by atoms with Gasteiger partial charge in [0.1, 0.15) is 11.6 Å². The second-order valence-corrected chi connectivity index (χ2v) is 7.05. The fraction of sp³-hybridized carbons (Fsp3) is 0.400. The molecule has 0 bridgehead atoms. The number of aryl methyl sites for hydroxylation is 1. The molecule has 0 aliphatic heterocycles. The van der Waals surface area contributed by atoms with Gasteiger partial charge in [0.15, 0.2) is 11.5 Å². The standard InChI is InChI=1S/C20H23FN2O5/c1-11(2)18(22-19(25)16-8-12(3)28-23-16)17(24)10-14(20(26)27)9-13-4-6-15(21)7-5-13/h4-8,11,14,18H,9-10H2,1-3H3,(H,22,25)(H,26,27)/t14-,18-/m0/s1. The molecule has 0 fully saturated rings. The minimum Gasteiger partial charge on any atom is -0.481 e. The van der Waals surface area contributed by atoms with Crippen molar-refractivity contribution in [2.45, 2.75) is 39.7 Å². The van der Waals surface area contributed by atoms with Gasteiger partial charge >= 0.3 is 5.97 Å². The number of carboxylic acid groups (broad SMARTS) is 1. The lowest BCUT2D eigenvalue weighted by Gasteiger charge is -2.22. The highest BCUT2D eigenvalue weighted by Gasteiger charge is 2.30. The molecule has 0 aliphatic carbocycles. The molecule has 0 unspecified atom stereocenters. The number of aliphatic carboxylic acids is 1. The van der Waals surface area contributed by atoms with Crippen molar-refractivity contribution in [3.8, 4) is 0 Å². The molecule has 28 heavy (non-hydrogen) atoms. The normalized spacial score (nSPS) is 13.2. The Labute approximate surface area is 161 Å². The molecule has 1 heterocycles. The van der Waals surface area contributed by atoms with Gasteiger partial charge in [0, 0.05) is 12.5 Å². The van der Waals surface area contributed by atoms with Gasteiger partial charge in [-0.1, -0.05) is 31.1 Å². The van der Waals surface area contributed by atoms with E-state index in [9.17, 15) is 23.9 Å². The summed E-state index contributed by atoms with van der Waals surface area (Å²) in [5.74, 6) is -3.26. The Hall–Kier alpha value is -3.03. The number of amides is 1. The molecule has 1 aromatic carbocycles. The SMILES string of the molecule is Cc1cc(C(=O)N[C@H](C(=O)C[C@H](Cc2ccc(F)cc2)C(=O)O)C(C)C)no1. The number of benzene rings is 1. The molecule has 0 saturated heterocycles. The first-order valence-electron chi connectivity index (χ1n) is 8.91. The lowest BCUT2D eigenvalue weighted by Crippen LogP contribution is -2.45. The molecule has 2 N–H and O–H groups in total. The van der Waals surface area contributed by atoms with Crippen LogP contribution in [0.2, 0.25) is 0 Å². The van der Waals surface area contributed by atoms with Crippen molar-refractivity contribution in [3.05, 3.63) is 53.2 Å². The molecule has 2 aromatic rings. The smallest absolute Gasteiger partial charge is 0.307 e. The molecule has 150 valence electrons. The molecular weight excluding hydrogens is 367 g/mol. The molecule has 0 saturated carbocycles. The number of Topliss-reactive ketones (excluding diaryl/α,β-unsaturated/α-hetero) is 1. The van der Waals surface area contributed by atoms with Gasteiger partial charge in [-0.3, -0.25) is 14.4 Å². The van der Waals surface area contributed by atoms with Crippen LogP contribution in [0.3, 0.4) is 0 Å². The van der Waals surface area contributed by atoms with Gasteiger partial charge in [-0.25, -0.2) is 4.39 Å². The predicted molar refractivity (Wildman–Crippen MR) is 98.2 cm³/mol. The number of nitrogens with one attached hydrogen (secondary N) is 1.